The van der Waals surface area contributed by atoms with Gasteiger partial charge in [-0.25, -0.2) is 0 Å². The van der Waals surface area contributed by atoms with Gasteiger partial charge in [-0.05, 0) is 18.6 Å². The maximum Gasteiger partial charge on any atom is 0.293 e. The molecule has 2 radical (unpaired) electrons. The van der Waals surface area contributed by atoms with E-state index in [1.807, 2.05) is 0 Å². The molecule has 68 valence electrons. The summed E-state index contributed by atoms with van der Waals surface area (Å²) in [7, 11) is 1.10. The smallest absolute Gasteiger partial charge is 0.282 e. The highest BCUT2D eigenvalue weighted by Gasteiger charge is 2.13. The highest BCUT2D eigenvalue weighted by molar-refractivity contribution is 7.86. The summed E-state index contributed by atoms with van der Waals surface area (Å²) in [4.78, 5) is -0.358. The van der Waals surface area contributed by atoms with Crippen LogP contribution < -0.4 is 5.46 Å². The monoisotopic (exact) mass is 216 g/mol. The third-order valence-corrected chi connectivity index (χ3v) is 2.89. The highest BCUT2D eigenvalue weighted by atomic mass is 35.5. The van der Waals surface area contributed by atoms with E-state index in [2.05, 4.69) is 0 Å². The van der Waals surface area contributed by atoms with Crippen LogP contribution in [0.25, 0.3) is 0 Å². The third-order valence-electron chi connectivity index (χ3n) is 1.57. The Labute approximate surface area is 82.9 Å². The molecule has 0 aliphatic heterocycles. The molecular weight excluding hydrogens is 210 g/mol. The minimum atomic E-state index is -4.28. The van der Waals surface area contributed by atoms with E-state index >= 15 is 0 Å². The summed E-state index contributed by atoms with van der Waals surface area (Å²) < 4.78 is 30.2. The second kappa shape index (κ2) is 3.33. The molecule has 0 saturated carbocycles. The first-order chi connectivity index (χ1) is 5.82. The minimum Gasteiger partial charge on any atom is -0.282 e. The van der Waals surface area contributed by atoms with Gasteiger partial charge in [0.1, 0.15) is 7.85 Å². The summed E-state index contributed by atoms with van der Waals surface area (Å²) in [5.74, 6) is 0. The Hall–Kier alpha value is -0.515. The Morgan fingerprint density at radius 1 is 1.46 bits per heavy atom. The molecule has 3 nitrogen and oxygen atoms in total. The van der Waals surface area contributed by atoms with E-state index in [9.17, 15) is 8.42 Å². The van der Waals surface area contributed by atoms with Crippen LogP contribution in [0.1, 0.15) is 5.56 Å². The van der Waals surface area contributed by atoms with Gasteiger partial charge in [-0.15, -0.1) is 0 Å². The molecule has 1 aromatic rings. The average Bonchev–Trinajstić information content (AvgIpc) is 1.94. The third kappa shape index (κ3) is 2.24. The maximum atomic E-state index is 10.7. The van der Waals surface area contributed by atoms with Crippen molar-refractivity contribution in [1.29, 1.82) is 0 Å². The van der Waals surface area contributed by atoms with Gasteiger partial charge in [0.25, 0.3) is 10.1 Å². The van der Waals surface area contributed by atoms with Crippen LogP contribution in [0, 0.1) is 6.92 Å². The van der Waals surface area contributed by atoms with E-state index in [4.69, 9.17) is 24.0 Å². The van der Waals surface area contributed by atoms with Crippen LogP contribution in [0.15, 0.2) is 17.0 Å². The molecule has 1 rings (SSSR count). The lowest BCUT2D eigenvalue weighted by molar-refractivity contribution is 0.484. The van der Waals surface area contributed by atoms with Crippen molar-refractivity contribution in [3.63, 3.8) is 0 Å². The second-order valence-corrected chi connectivity index (χ2v) is 4.41. The van der Waals surface area contributed by atoms with Crippen LogP contribution in [0.3, 0.4) is 0 Å². The van der Waals surface area contributed by atoms with E-state index < -0.39 is 10.1 Å². The van der Waals surface area contributed by atoms with Crippen LogP contribution in [-0.4, -0.2) is 20.8 Å². The number of hydrogen-bond donors (Lipinski definition) is 1. The molecule has 0 heterocycles. The standard InChI is InChI=1S/C7H6BClO3S/c1-4-2-5(8)7(3-6(4)9)13(10,11)12/h2-3H,1H3,(H,10,11,12). The molecule has 0 bridgehead atoms. The van der Waals surface area contributed by atoms with Crippen LogP contribution in [0.2, 0.25) is 5.02 Å². The summed E-state index contributed by atoms with van der Waals surface area (Å²) in [6, 6.07) is 2.52. The summed E-state index contributed by atoms with van der Waals surface area (Å²) in [5, 5.41) is 0.252. The van der Waals surface area contributed by atoms with Gasteiger partial charge >= 0.3 is 0 Å². The Kier molecular flexibility index (Phi) is 2.70. The largest absolute Gasteiger partial charge is 0.293 e. The maximum absolute atomic E-state index is 10.7. The zero-order chi connectivity index (χ0) is 10.2. The Balaban J connectivity index is 3.50. The molecule has 1 N–H and O–H groups in total. The molecule has 6 heteroatoms. The minimum absolute atomic E-state index is 0.00981. The van der Waals surface area contributed by atoms with Crippen LogP contribution in [0.4, 0.5) is 0 Å². The van der Waals surface area contributed by atoms with E-state index in [0.717, 1.165) is 6.07 Å². The Bertz CT molecular complexity index is 441. The average molecular weight is 216 g/mol. The van der Waals surface area contributed by atoms with E-state index in [1.165, 1.54) is 6.07 Å². The van der Waals surface area contributed by atoms with Crippen LogP contribution in [-0.2, 0) is 10.1 Å². The van der Waals surface area contributed by atoms with Gasteiger partial charge in [0, 0.05) is 5.02 Å². The topological polar surface area (TPSA) is 54.4 Å². The van der Waals surface area contributed by atoms with Gasteiger partial charge in [-0.1, -0.05) is 23.1 Å². The van der Waals surface area contributed by atoms with Crippen LogP contribution in [0.5, 0.6) is 0 Å². The SMILES string of the molecule is [B]c1cc(C)c(Cl)cc1S(=O)(=O)O. The van der Waals surface area contributed by atoms with Crippen molar-refractivity contribution >= 4 is 35.0 Å². The zero-order valence-corrected chi connectivity index (χ0v) is 8.35. The molecule has 0 fully saturated rings. The fourth-order valence-corrected chi connectivity index (χ4v) is 1.76. The summed E-state index contributed by atoms with van der Waals surface area (Å²) in [6.45, 7) is 1.69. The van der Waals surface area contributed by atoms with Crippen molar-refractivity contribution in [3.8, 4) is 0 Å². The fourth-order valence-electron chi connectivity index (χ4n) is 0.909. The van der Waals surface area contributed by atoms with Gasteiger partial charge in [0.15, 0.2) is 0 Å². The molecule has 0 aliphatic rings. The first-order valence-corrected chi connectivity index (χ1v) is 5.17. The highest BCUT2D eigenvalue weighted by Crippen LogP contribution is 2.17. The number of halogens is 1. The van der Waals surface area contributed by atoms with E-state index in [-0.39, 0.29) is 15.4 Å². The van der Waals surface area contributed by atoms with Gasteiger partial charge in [-0.2, -0.15) is 8.42 Å². The predicted molar refractivity (Wildman–Crippen MR) is 51.4 cm³/mol. The zero-order valence-electron chi connectivity index (χ0n) is 6.78. The number of rotatable bonds is 1. The summed E-state index contributed by atoms with van der Waals surface area (Å²) in [6.07, 6.45) is 0. The Morgan fingerprint density at radius 2 is 2.00 bits per heavy atom. The lowest BCUT2D eigenvalue weighted by Crippen LogP contribution is -2.15. The molecule has 0 atom stereocenters. The van der Waals surface area contributed by atoms with Crippen molar-refractivity contribution in [1.82, 2.24) is 0 Å². The molecule has 0 saturated heterocycles. The quantitative estimate of drug-likeness (QED) is 0.555. The normalized spacial score (nSPS) is 11.6. The lowest BCUT2D eigenvalue weighted by Gasteiger charge is -2.05. The van der Waals surface area contributed by atoms with Gasteiger partial charge in [0.05, 0.1) is 4.90 Å². The molecule has 13 heavy (non-hydrogen) atoms. The van der Waals surface area contributed by atoms with Crippen molar-refractivity contribution in [3.05, 3.63) is 22.7 Å². The van der Waals surface area contributed by atoms with E-state index in [0.29, 0.717) is 5.56 Å². The second-order valence-electron chi connectivity index (χ2n) is 2.61. The van der Waals surface area contributed by atoms with Gasteiger partial charge < -0.3 is 0 Å². The Morgan fingerprint density at radius 3 is 2.46 bits per heavy atom. The molecule has 1 aromatic carbocycles. The summed E-state index contributed by atoms with van der Waals surface area (Å²) in [5.41, 5.74) is 0.649. The van der Waals surface area contributed by atoms with Gasteiger partial charge in [-0.3, -0.25) is 4.55 Å². The summed E-state index contributed by atoms with van der Waals surface area (Å²) >= 11 is 5.66. The molecule has 0 amide bonds. The predicted octanol–water partition coefficient (Wildman–Crippen LogP) is 0.689. The number of hydrogen-bond acceptors (Lipinski definition) is 2. The van der Waals surface area contributed by atoms with Crippen molar-refractivity contribution < 1.29 is 13.0 Å². The van der Waals surface area contributed by atoms with Crippen LogP contribution >= 0.6 is 11.6 Å². The van der Waals surface area contributed by atoms with Crippen molar-refractivity contribution in [2.75, 3.05) is 0 Å². The van der Waals surface area contributed by atoms with Crippen molar-refractivity contribution in [2.24, 2.45) is 0 Å². The van der Waals surface area contributed by atoms with Crippen molar-refractivity contribution in [2.45, 2.75) is 11.8 Å². The molecule has 0 aromatic heterocycles. The van der Waals surface area contributed by atoms with E-state index in [1.54, 1.807) is 6.92 Å². The fraction of sp³-hybridized carbons (Fsp3) is 0.143. The molecule has 0 aliphatic carbocycles. The molecular formula is C7H6BClO3S. The molecule has 0 unspecified atom stereocenters. The lowest BCUT2D eigenvalue weighted by atomic mass is 9.94. The molecule has 0 spiro atoms. The first-order valence-electron chi connectivity index (χ1n) is 3.35. The number of aryl methyl sites for hydroxylation is 1. The number of benzene rings is 1. The first kappa shape index (κ1) is 10.6. The van der Waals surface area contributed by atoms with Gasteiger partial charge in [0.2, 0.25) is 0 Å².